The first-order chi connectivity index (χ1) is 14.4. The molecule has 0 aliphatic carbocycles. The van der Waals surface area contributed by atoms with Crippen LogP contribution in [0.15, 0.2) is 54.7 Å². The fourth-order valence-corrected chi connectivity index (χ4v) is 3.71. The molecule has 1 aromatic heterocycles. The average molecular weight is 407 g/mol. The molecule has 0 saturated carbocycles. The van der Waals surface area contributed by atoms with Crippen molar-refractivity contribution in [2.75, 3.05) is 50.1 Å². The quantitative estimate of drug-likeness (QED) is 0.472. The van der Waals surface area contributed by atoms with Gasteiger partial charge >= 0.3 is 0 Å². The second-order valence-corrected chi connectivity index (χ2v) is 8.62. The molecule has 2 aromatic carbocycles. The van der Waals surface area contributed by atoms with Gasteiger partial charge in [0.15, 0.2) is 0 Å². The van der Waals surface area contributed by atoms with Gasteiger partial charge in [0.25, 0.3) is 0 Å². The topological polar surface area (TPSA) is 60.5 Å². The summed E-state index contributed by atoms with van der Waals surface area (Å²) in [6.45, 7) is 7.78. The van der Waals surface area contributed by atoms with Crippen LogP contribution in [0, 0.1) is 11.1 Å². The van der Waals surface area contributed by atoms with E-state index >= 15 is 0 Å². The Bertz CT molecular complexity index is 987. The Hall–Kier alpha value is -2.83. The summed E-state index contributed by atoms with van der Waals surface area (Å²) in [6.07, 6.45) is 1.82. The molecular weight excluding hydrogens is 376 g/mol. The van der Waals surface area contributed by atoms with Crippen LogP contribution in [-0.2, 0) is 0 Å². The standard InChI is InChI=1S/C24H30N4O2/c1-18(2)17-30-23-6-4-5-21-24(23)22(11-12-25-21)26-19-7-9-20(10-8-19)27-13-15-28(3,29)16-14-27/h4-12,18H,13-17H2,1-3H3,(H,25,26). The number of hydrogen-bond donors (Lipinski definition) is 1. The minimum absolute atomic E-state index is 0.146. The maximum absolute atomic E-state index is 12.1. The van der Waals surface area contributed by atoms with Gasteiger partial charge in [-0.3, -0.25) is 4.98 Å². The lowest BCUT2D eigenvalue weighted by atomic mass is 10.1. The van der Waals surface area contributed by atoms with Crippen molar-refractivity contribution in [3.63, 3.8) is 0 Å². The molecule has 4 rings (SSSR count). The Morgan fingerprint density at radius 3 is 2.53 bits per heavy atom. The molecular formula is C24H30N4O2. The molecule has 1 aliphatic rings. The Morgan fingerprint density at radius 1 is 1.10 bits per heavy atom. The highest BCUT2D eigenvalue weighted by molar-refractivity contribution is 5.97. The van der Waals surface area contributed by atoms with Crippen molar-refractivity contribution in [1.29, 1.82) is 0 Å². The third-order valence-corrected chi connectivity index (χ3v) is 5.50. The number of fused-ring (bicyclic) bond motifs is 1. The van der Waals surface area contributed by atoms with Crippen LogP contribution in [0.4, 0.5) is 17.1 Å². The minimum atomic E-state index is -0.146. The Morgan fingerprint density at radius 2 is 1.83 bits per heavy atom. The zero-order valence-electron chi connectivity index (χ0n) is 18.0. The Labute approximate surface area is 178 Å². The molecule has 1 fully saturated rings. The van der Waals surface area contributed by atoms with E-state index in [4.69, 9.17) is 4.74 Å². The number of likely N-dealkylation sites (N-methyl/N-ethyl adjacent to an activating group) is 1. The molecule has 158 valence electrons. The summed E-state index contributed by atoms with van der Waals surface area (Å²) < 4.78 is 5.91. The minimum Gasteiger partial charge on any atom is -0.633 e. The predicted octanol–water partition coefficient (Wildman–Crippen LogP) is 4.78. The number of anilines is 3. The van der Waals surface area contributed by atoms with Crippen LogP contribution in [0.25, 0.3) is 10.9 Å². The summed E-state index contributed by atoms with van der Waals surface area (Å²) in [4.78, 5) is 6.78. The van der Waals surface area contributed by atoms with Gasteiger partial charge in [-0.2, -0.15) is 0 Å². The van der Waals surface area contributed by atoms with Crippen LogP contribution in [0.5, 0.6) is 5.75 Å². The van der Waals surface area contributed by atoms with Crippen molar-refractivity contribution in [3.05, 3.63) is 59.9 Å². The van der Waals surface area contributed by atoms with E-state index in [1.54, 1.807) is 7.05 Å². The number of quaternary nitrogens is 1. The molecule has 30 heavy (non-hydrogen) atoms. The van der Waals surface area contributed by atoms with Crippen molar-refractivity contribution in [2.45, 2.75) is 13.8 Å². The Kier molecular flexibility index (Phi) is 5.79. The van der Waals surface area contributed by atoms with Crippen LogP contribution < -0.4 is 15.0 Å². The van der Waals surface area contributed by atoms with Crippen molar-refractivity contribution >= 4 is 28.0 Å². The first-order valence-corrected chi connectivity index (χ1v) is 10.6. The highest BCUT2D eigenvalue weighted by Gasteiger charge is 2.21. The number of nitrogens with one attached hydrogen (secondary N) is 1. The molecule has 0 unspecified atom stereocenters. The number of piperazine rings is 1. The lowest BCUT2D eigenvalue weighted by molar-refractivity contribution is -0.861. The summed E-state index contributed by atoms with van der Waals surface area (Å²) >= 11 is 0. The number of benzene rings is 2. The maximum atomic E-state index is 12.1. The smallest absolute Gasteiger partial charge is 0.130 e. The molecule has 0 amide bonds. The molecule has 6 heteroatoms. The molecule has 1 N–H and O–H groups in total. The Balaban J connectivity index is 1.54. The van der Waals surface area contributed by atoms with Crippen molar-refractivity contribution in [1.82, 2.24) is 4.98 Å². The molecule has 1 aliphatic heterocycles. The highest BCUT2D eigenvalue weighted by Crippen LogP contribution is 2.33. The second-order valence-electron chi connectivity index (χ2n) is 8.62. The monoisotopic (exact) mass is 406 g/mol. The van der Waals surface area contributed by atoms with E-state index in [2.05, 4.69) is 53.3 Å². The van der Waals surface area contributed by atoms with Gasteiger partial charge < -0.3 is 24.8 Å². The van der Waals surface area contributed by atoms with Crippen molar-refractivity contribution < 1.29 is 9.38 Å². The normalized spacial score (nSPS) is 16.1. The van der Waals surface area contributed by atoms with Crippen LogP contribution in [0.3, 0.4) is 0 Å². The molecule has 0 radical (unpaired) electrons. The van der Waals surface area contributed by atoms with Crippen LogP contribution in [0.1, 0.15) is 13.8 Å². The highest BCUT2D eigenvalue weighted by atomic mass is 16.5. The number of pyridine rings is 1. The van der Waals surface area contributed by atoms with Gasteiger partial charge in [0.05, 0.1) is 56.4 Å². The van der Waals surface area contributed by atoms with Crippen LogP contribution >= 0.6 is 0 Å². The van der Waals surface area contributed by atoms with E-state index in [1.165, 1.54) is 0 Å². The van der Waals surface area contributed by atoms with E-state index in [0.29, 0.717) is 25.6 Å². The van der Waals surface area contributed by atoms with Crippen LogP contribution in [0.2, 0.25) is 0 Å². The van der Waals surface area contributed by atoms with Gasteiger partial charge in [-0.05, 0) is 48.4 Å². The molecule has 0 spiro atoms. The summed E-state index contributed by atoms with van der Waals surface area (Å²) in [7, 11) is 1.75. The number of rotatable bonds is 6. The van der Waals surface area contributed by atoms with Gasteiger partial charge in [-0.15, -0.1) is 0 Å². The van der Waals surface area contributed by atoms with Crippen LogP contribution in [-0.4, -0.2) is 49.5 Å². The SMILES string of the molecule is CC(C)COc1cccc2nccc(Nc3ccc(N4CC[N+](C)([O-])CC4)cc3)c12. The molecule has 6 nitrogen and oxygen atoms in total. The fraction of sp³-hybridized carbons (Fsp3) is 0.375. The number of nitrogens with zero attached hydrogens (tertiary/aromatic N) is 3. The summed E-state index contributed by atoms with van der Waals surface area (Å²) in [5.74, 6) is 1.30. The van der Waals surface area contributed by atoms with E-state index in [1.807, 2.05) is 30.5 Å². The summed E-state index contributed by atoms with van der Waals surface area (Å²) in [6, 6.07) is 16.4. The third-order valence-electron chi connectivity index (χ3n) is 5.50. The first kappa shape index (κ1) is 20.4. The molecule has 1 saturated heterocycles. The fourth-order valence-electron chi connectivity index (χ4n) is 3.71. The predicted molar refractivity (Wildman–Crippen MR) is 123 cm³/mol. The van der Waals surface area contributed by atoms with Gasteiger partial charge in [0.1, 0.15) is 5.75 Å². The lowest BCUT2D eigenvalue weighted by Crippen LogP contribution is -2.53. The molecule has 0 atom stereocenters. The third kappa shape index (κ3) is 4.66. The van der Waals surface area contributed by atoms with E-state index in [9.17, 15) is 5.21 Å². The number of hydroxylamine groups is 3. The van der Waals surface area contributed by atoms with Crippen molar-refractivity contribution in [3.8, 4) is 5.75 Å². The van der Waals surface area contributed by atoms with Gasteiger partial charge in [-0.25, -0.2) is 0 Å². The average Bonchev–Trinajstić information content (AvgIpc) is 2.73. The lowest BCUT2D eigenvalue weighted by Gasteiger charge is -2.45. The number of aromatic nitrogens is 1. The molecule has 2 heterocycles. The number of ether oxygens (including phenoxy) is 1. The second kappa shape index (κ2) is 8.50. The van der Waals surface area contributed by atoms with E-state index < -0.39 is 0 Å². The zero-order valence-corrected chi connectivity index (χ0v) is 18.0. The molecule has 0 bridgehead atoms. The summed E-state index contributed by atoms with van der Waals surface area (Å²) in [5.41, 5.74) is 4.04. The zero-order chi connectivity index (χ0) is 21.1. The van der Waals surface area contributed by atoms with Crippen molar-refractivity contribution in [2.24, 2.45) is 5.92 Å². The summed E-state index contributed by atoms with van der Waals surface area (Å²) in [5, 5.41) is 16.6. The molecule has 3 aromatic rings. The number of hydrogen-bond acceptors (Lipinski definition) is 5. The largest absolute Gasteiger partial charge is 0.633 e. The first-order valence-electron chi connectivity index (χ1n) is 10.6. The van der Waals surface area contributed by atoms with E-state index in [-0.39, 0.29) is 4.65 Å². The van der Waals surface area contributed by atoms with Gasteiger partial charge in [0, 0.05) is 17.6 Å². The van der Waals surface area contributed by atoms with E-state index in [0.717, 1.165) is 46.8 Å². The van der Waals surface area contributed by atoms with Gasteiger partial charge in [-0.1, -0.05) is 19.9 Å². The maximum Gasteiger partial charge on any atom is 0.130 e. The van der Waals surface area contributed by atoms with Gasteiger partial charge in [0.2, 0.25) is 0 Å².